The first-order valence-corrected chi connectivity index (χ1v) is 6.18. The Balaban J connectivity index is 2.49. The van der Waals surface area contributed by atoms with Crippen LogP contribution < -0.4 is 4.90 Å². The number of benzene rings is 1. The second-order valence-electron chi connectivity index (χ2n) is 3.24. The number of amides is 1. The molecule has 1 amide bonds. The minimum atomic E-state index is -0.686. The molecule has 15 heavy (non-hydrogen) atoms. The van der Waals surface area contributed by atoms with E-state index in [-0.39, 0.29) is 5.91 Å². The van der Waals surface area contributed by atoms with Crippen molar-refractivity contribution in [2.75, 3.05) is 11.9 Å². The fourth-order valence-electron chi connectivity index (χ4n) is 1.43. The molecule has 2 rings (SSSR count). The Bertz CT molecular complexity index is 399. The van der Waals surface area contributed by atoms with Gasteiger partial charge in [0.1, 0.15) is 10.1 Å². The Hall–Kier alpha value is -0.380. The minimum Gasteiger partial charge on any atom is -0.313 e. The quantitative estimate of drug-likeness (QED) is 0.670. The Morgan fingerprint density at radius 2 is 2.00 bits per heavy atom. The van der Waals surface area contributed by atoms with Crippen molar-refractivity contribution in [2.45, 2.75) is 15.0 Å². The van der Waals surface area contributed by atoms with Crippen molar-refractivity contribution in [1.82, 2.24) is 0 Å². The first-order valence-electron chi connectivity index (χ1n) is 4.42. The van der Waals surface area contributed by atoms with Crippen LogP contribution in [0.25, 0.3) is 0 Å². The fraction of sp³-hybridized carbons (Fsp3) is 0.300. The summed E-state index contributed by atoms with van der Waals surface area (Å²) in [6.07, 6.45) is 0. The van der Waals surface area contributed by atoms with Gasteiger partial charge in [0.05, 0.1) is 5.69 Å². The standard InChI is InChI=1S/C10H9Cl2NOS/c1-13-6-4-2-3-5-7(6)15-9(12)8(11)10(13)14/h2-5,8-9H,1H3. The highest BCUT2D eigenvalue weighted by molar-refractivity contribution is 8.01. The van der Waals surface area contributed by atoms with Gasteiger partial charge in [-0.25, -0.2) is 0 Å². The van der Waals surface area contributed by atoms with Gasteiger partial charge >= 0.3 is 0 Å². The lowest BCUT2D eigenvalue weighted by molar-refractivity contribution is -0.117. The number of para-hydroxylation sites is 1. The largest absolute Gasteiger partial charge is 0.313 e. The third-order valence-corrected chi connectivity index (χ3v) is 4.60. The average Bonchev–Trinajstić information content (AvgIpc) is 2.32. The van der Waals surface area contributed by atoms with Gasteiger partial charge in [0, 0.05) is 11.9 Å². The molecule has 1 aliphatic heterocycles. The maximum Gasteiger partial charge on any atom is 0.247 e. The number of nitrogens with zero attached hydrogens (tertiary/aromatic N) is 1. The Kier molecular flexibility index (Phi) is 3.14. The third-order valence-electron chi connectivity index (χ3n) is 2.26. The van der Waals surface area contributed by atoms with Gasteiger partial charge in [0.2, 0.25) is 5.91 Å². The molecule has 0 fully saturated rings. The summed E-state index contributed by atoms with van der Waals surface area (Å²) in [7, 11) is 1.71. The number of thioether (sulfide) groups is 1. The molecule has 80 valence electrons. The number of hydrogen-bond acceptors (Lipinski definition) is 2. The summed E-state index contributed by atoms with van der Waals surface area (Å²) in [5.74, 6) is -0.158. The molecule has 1 heterocycles. The summed E-state index contributed by atoms with van der Waals surface area (Å²) in [6, 6.07) is 7.64. The third kappa shape index (κ3) is 1.96. The Morgan fingerprint density at radius 1 is 1.33 bits per heavy atom. The van der Waals surface area contributed by atoms with Gasteiger partial charge < -0.3 is 4.90 Å². The number of rotatable bonds is 0. The Labute approximate surface area is 103 Å². The van der Waals surface area contributed by atoms with E-state index >= 15 is 0 Å². The molecule has 5 heteroatoms. The molecule has 1 aromatic rings. The van der Waals surface area contributed by atoms with Gasteiger partial charge in [-0.15, -0.1) is 35.0 Å². The molecule has 2 unspecified atom stereocenters. The predicted molar refractivity (Wildman–Crippen MR) is 65.0 cm³/mol. The highest BCUT2D eigenvalue weighted by atomic mass is 35.5. The summed E-state index contributed by atoms with van der Waals surface area (Å²) in [5, 5.41) is -0.686. The van der Waals surface area contributed by atoms with Crippen molar-refractivity contribution in [3.63, 3.8) is 0 Å². The number of halogens is 2. The van der Waals surface area contributed by atoms with Crippen LogP contribution >= 0.6 is 35.0 Å². The zero-order chi connectivity index (χ0) is 11.0. The lowest BCUT2D eigenvalue weighted by Crippen LogP contribution is -2.35. The lowest BCUT2D eigenvalue weighted by Gasteiger charge is -2.18. The molecule has 0 saturated heterocycles. The maximum absolute atomic E-state index is 11.8. The van der Waals surface area contributed by atoms with E-state index in [4.69, 9.17) is 23.2 Å². The van der Waals surface area contributed by atoms with E-state index < -0.39 is 10.1 Å². The van der Waals surface area contributed by atoms with Gasteiger partial charge in [0.15, 0.2) is 0 Å². The van der Waals surface area contributed by atoms with Crippen LogP contribution in [0.5, 0.6) is 0 Å². The van der Waals surface area contributed by atoms with Gasteiger partial charge in [-0.2, -0.15) is 0 Å². The van der Waals surface area contributed by atoms with Crippen molar-refractivity contribution >= 4 is 46.6 Å². The molecule has 2 nitrogen and oxygen atoms in total. The normalized spacial score (nSPS) is 26.1. The summed E-state index contributed by atoms with van der Waals surface area (Å²) >= 11 is 13.4. The molecule has 1 aliphatic rings. The summed E-state index contributed by atoms with van der Waals surface area (Å²) in [6.45, 7) is 0. The number of hydrogen-bond donors (Lipinski definition) is 0. The van der Waals surface area contributed by atoms with Gasteiger partial charge in [0.25, 0.3) is 0 Å². The number of carbonyl (C=O) groups excluding carboxylic acids is 1. The first-order chi connectivity index (χ1) is 7.11. The van der Waals surface area contributed by atoms with Crippen LogP contribution in [0.2, 0.25) is 0 Å². The van der Waals surface area contributed by atoms with Gasteiger partial charge in [-0.1, -0.05) is 12.1 Å². The zero-order valence-corrected chi connectivity index (χ0v) is 10.3. The lowest BCUT2D eigenvalue weighted by atomic mass is 10.3. The number of carbonyl (C=O) groups is 1. The molecule has 0 spiro atoms. The van der Waals surface area contributed by atoms with Crippen molar-refractivity contribution in [3.8, 4) is 0 Å². The molecule has 1 aromatic carbocycles. The SMILES string of the molecule is CN1C(=O)C(Cl)C(Cl)Sc2ccccc21. The molecule has 0 radical (unpaired) electrons. The summed E-state index contributed by atoms with van der Waals surface area (Å²) < 4.78 is -0.426. The molecule has 0 saturated carbocycles. The second-order valence-corrected chi connectivity index (χ2v) is 5.62. The molecule has 0 aliphatic carbocycles. The highest BCUT2D eigenvalue weighted by Crippen LogP contribution is 2.40. The van der Waals surface area contributed by atoms with Crippen LogP contribution in [0.1, 0.15) is 0 Å². The highest BCUT2D eigenvalue weighted by Gasteiger charge is 2.33. The zero-order valence-electron chi connectivity index (χ0n) is 7.98. The van der Waals surface area contributed by atoms with Gasteiger partial charge in [-0.05, 0) is 12.1 Å². The molecule has 0 bridgehead atoms. The van der Waals surface area contributed by atoms with E-state index in [1.807, 2.05) is 24.3 Å². The predicted octanol–water partition coefficient (Wildman–Crippen LogP) is 2.93. The summed E-state index contributed by atoms with van der Waals surface area (Å²) in [5.41, 5.74) is 0.862. The van der Waals surface area contributed by atoms with E-state index in [2.05, 4.69) is 0 Å². The van der Waals surface area contributed by atoms with Crippen LogP contribution in [0, 0.1) is 0 Å². The van der Waals surface area contributed by atoms with E-state index in [0.717, 1.165) is 10.6 Å². The van der Waals surface area contributed by atoms with E-state index in [0.29, 0.717) is 0 Å². The van der Waals surface area contributed by atoms with Crippen LogP contribution in [0.3, 0.4) is 0 Å². The molecule has 2 atom stereocenters. The maximum atomic E-state index is 11.8. The van der Waals surface area contributed by atoms with Crippen LogP contribution in [0.15, 0.2) is 29.2 Å². The van der Waals surface area contributed by atoms with Crippen molar-refractivity contribution in [1.29, 1.82) is 0 Å². The van der Waals surface area contributed by atoms with E-state index in [1.165, 1.54) is 11.8 Å². The molecule has 0 N–H and O–H groups in total. The van der Waals surface area contributed by atoms with Crippen LogP contribution in [-0.4, -0.2) is 23.0 Å². The average molecular weight is 262 g/mol. The number of alkyl halides is 2. The molecule has 0 aromatic heterocycles. The van der Waals surface area contributed by atoms with Crippen molar-refractivity contribution in [2.24, 2.45) is 0 Å². The minimum absolute atomic E-state index is 0.158. The van der Waals surface area contributed by atoms with Crippen LogP contribution in [0.4, 0.5) is 5.69 Å². The van der Waals surface area contributed by atoms with E-state index in [9.17, 15) is 4.79 Å². The smallest absolute Gasteiger partial charge is 0.247 e. The monoisotopic (exact) mass is 261 g/mol. The van der Waals surface area contributed by atoms with Gasteiger partial charge in [-0.3, -0.25) is 4.79 Å². The van der Waals surface area contributed by atoms with Crippen LogP contribution in [-0.2, 0) is 4.79 Å². The molecular weight excluding hydrogens is 253 g/mol. The number of fused-ring (bicyclic) bond motifs is 1. The summed E-state index contributed by atoms with van der Waals surface area (Å²) in [4.78, 5) is 14.4. The second kappa shape index (κ2) is 4.24. The molecular formula is C10H9Cl2NOS. The first kappa shape index (κ1) is 11.1. The fourth-order valence-corrected chi connectivity index (χ4v) is 3.09. The van der Waals surface area contributed by atoms with Crippen molar-refractivity contribution < 1.29 is 4.79 Å². The number of anilines is 1. The Morgan fingerprint density at radius 3 is 2.73 bits per heavy atom. The topological polar surface area (TPSA) is 20.3 Å². The van der Waals surface area contributed by atoms with E-state index in [1.54, 1.807) is 11.9 Å². The van der Waals surface area contributed by atoms with Crippen molar-refractivity contribution in [3.05, 3.63) is 24.3 Å².